The number of thioether (sulfide) groups is 1. The van der Waals surface area contributed by atoms with E-state index in [2.05, 4.69) is 16.3 Å². The van der Waals surface area contributed by atoms with Crippen molar-refractivity contribution < 1.29 is 22.7 Å². The molecule has 2 saturated heterocycles. The van der Waals surface area contributed by atoms with E-state index in [0.717, 1.165) is 54.4 Å². The van der Waals surface area contributed by atoms with Gasteiger partial charge in [0.05, 0.1) is 11.0 Å². The van der Waals surface area contributed by atoms with Gasteiger partial charge < -0.3 is 10.1 Å². The predicted molar refractivity (Wildman–Crippen MR) is 126 cm³/mol. The number of hydrogen-bond acceptors (Lipinski definition) is 4. The van der Waals surface area contributed by atoms with Crippen molar-refractivity contribution in [1.82, 2.24) is 4.90 Å². The van der Waals surface area contributed by atoms with Gasteiger partial charge in [-0.05, 0) is 48.6 Å². The van der Waals surface area contributed by atoms with E-state index in [4.69, 9.17) is 4.74 Å². The van der Waals surface area contributed by atoms with Crippen LogP contribution in [0, 0.1) is 6.92 Å². The molecule has 2 aromatic rings. The highest BCUT2D eigenvalue weighted by atomic mass is 32.2. The molecule has 2 aliphatic heterocycles. The molecule has 2 heterocycles. The van der Waals surface area contributed by atoms with E-state index < -0.39 is 17.2 Å². The summed E-state index contributed by atoms with van der Waals surface area (Å²) < 4.78 is 45.6. The number of ether oxygens (including phenoxy) is 1. The number of alkyl halides is 3. The molecule has 0 atom stereocenters. The zero-order valence-corrected chi connectivity index (χ0v) is 19.5. The summed E-state index contributed by atoms with van der Waals surface area (Å²) in [5, 5.41) is 3.06. The van der Waals surface area contributed by atoms with Crippen LogP contribution in [0.25, 0.3) is 0 Å². The molecule has 0 unspecified atom stereocenters. The Kier molecular flexibility index (Phi) is 7.36. The second-order valence-electron chi connectivity index (χ2n) is 8.71. The lowest BCUT2D eigenvalue weighted by Gasteiger charge is -2.37. The van der Waals surface area contributed by atoms with Crippen LogP contribution in [0.1, 0.15) is 35.1 Å². The summed E-state index contributed by atoms with van der Waals surface area (Å²) in [7, 11) is 0. The zero-order valence-electron chi connectivity index (χ0n) is 18.7. The Labute approximate surface area is 196 Å². The number of anilines is 1. The zero-order chi connectivity index (χ0) is 23.5. The van der Waals surface area contributed by atoms with Gasteiger partial charge >= 0.3 is 6.18 Å². The molecule has 8 heteroatoms. The molecule has 0 aliphatic carbocycles. The third-order valence-corrected chi connectivity index (χ3v) is 7.66. The van der Waals surface area contributed by atoms with Crippen molar-refractivity contribution in [3.05, 3.63) is 64.7 Å². The fraction of sp³-hybridized carbons (Fsp3) is 0.480. The number of halogens is 3. The van der Waals surface area contributed by atoms with E-state index in [1.54, 1.807) is 6.07 Å². The molecule has 4 rings (SSSR count). The van der Waals surface area contributed by atoms with Crippen LogP contribution in [0.4, 0.5) is 18.9 Å². The molecule has 4 nitrogen and oxygen atoms in total. The third-order valence-electron chi connectivity index (χ3n) is 6.72. The highest BCUT2D eigenvalue weighted by Crippen LogP contribution is 2.39. The predicted octanol–water partition coefficient (Wildman–Crippen LogP) is 5.25. The Balaban J connectivity index is 1.60. The number of amides is 1. The summed E-state index contributed by atoms with van der Waals surface area (Å²) in [5.74, 6) is 1.97. The lowest BCUT2D eigenvalue weighted by Crippen LogP contribution is -2.45. The van der Waals surface area contributed by atoms with Gasteiger partial charge in [0.1, 0.15) is 0 Å². The molecular weight excluding hydrogens is 449 g/mol. The lowest BCUT2D eigenvalue weighted by atomic mass is 9.73. The molecule has 0 spiro atoms. The quantitative estimate of drug-likeness (QED) is 0.638. The maximum Gasteiger partial charge on any atom is 0.416 e. The fourth-order valence-electron chi connectivity index (χ4n) is 4.59. The molecule has 1 amide bonds. The van der Waals surface area contributed by atoms with Gasteiger partial charge in [0.2, 0.25) is 5.91 Å². The van der Waals surface area contributed by atoms with Gasteiger partial charge in [-0.1, -0.05) is 30.3 Å². The van der Waals surface area contributed by atoms with Crippen molar-refractivity contribution in [2.45, 2.75) is 37.9 Å². The second-order valence-corrected chi connectivity index (χ2v) is 9.93. The van der Waals surface area contributed by atoms with Gasteiger partial charge in [-0.3, -0.25) is 9.69 Å². The first-order valence-electron chi connectivity index (χ1n) is 11.3. The minimum atomic E-state index is -4.46. The average molecular weight is 479 g/mol. The van der Waals surface area contributed by atoms with Crippen LogP contribution < -0.4 is 5.32 Å². The Bertz CT molecular complexity index is 984. The molecule has 2 aliphatic rings. The van der Waals surface area contributed by atoms with Gasteiger partial charge in [-0.25, -0.2) is 0 Å². The van der Waals surface area contributed by atoms with Gasteiger partial charge in [0.25, 0.3) is 0 Å². The highest BCUT2D eigenvalue weighted by molar-refractivity contribution is 7.99. The number of benzene rings is 2. The number of carbonyl (C=O) groups is 1. The van der Waals surface area contributed by atoms with Crippen LogP contribution in [0.2, 0.25) is 0 Å². The lowest BCUT2D eigenvalue weighted by molar-refractivity contribution is -0.138. The van der Waals surface area contributed by atoms with Crippen LogP contribution in [0.15, 0.2) is 42.5 Å². The Hall–Kier alpha value is -2.03. The maximum atomic E-state index is 13.6. The SMILES string of the molecule is Cc1c(CN2CCSCC2)cccc1NC(=O)C1(c2cccc(C(F)(F)F)c2)CCOCC1. The Morgan fingerprint density at radius 2 is 1.82 bits per heavy atom. The van der Waals surface area contributed by atoms with Crippen molar-refractivity contribution >= 4 is 23.4 Å². The number of nitrogens with one attached hydrogen (secondary N) is 1. The van der Waals surface area contributed by atoms with Crippen molar-refractivity contribution in [3.8, 4) is 0 Å². The molecular formula is C25H29F3N2O2S. The van der Waals surface area contributed by atoms with Crippen LogP contribution in [-0.4, -0.2) is 48.6 Å². The van der Waals surface area contributed by atoms with Crippen LogP contribution in [0.5, 0.6) is 0 Å². The number of nitrogens with zero attached hydrogens (tertiary/aromatic N) is 1. The Morgan fingerprint density at radius 3 is 2.52 bits per heavy atom. The van der Waals surface area contributed by atoms with Gasteiger partial charge in [0, 0.05) is 50.0 Å². The third kappa shape index (κ3) is 5.39. The summed E-state index contributed by atoms with van der Waals surface area (Å²) >= 11 is 1.96. The topological polar surface area (TPSA) is 41.6 Å². The van der Waals surface area contributed by atoms with E-state index in [1.165, 1.54) is 6.07 Å². The van der Waals surface area contributed by atoms with Crippen LogP contribution in [-0.2, 0) is 27.7 Å². The van der Waals surface area contributed by atoms with Gasteiger partial charge in [-0.15, -0.1) is 0 Å². The highest BCUT2D eigenvalue weighted by Gasteiger charge is 2.43. The van der Waals surface area contributed by atoms with E-state index in [0.29, 0.717) is 37.3 Å². The first kappa shape index (κ1) is 24.1. The molecule has 0 aromatic heterocycles. The standard InChI is InChI=1S/C25H29F3N2O2S/c1-18-19(17-30-10-14-33-15-11-30)4-2-7-22(18)29-23(31)24(8-12-32-13-9-24)20-5-3-6-21(16-20)25(26,27)28/h2-7,16H,8-15,17H2,1H3,(H,29,31). The van der Waals surface area contributed by atoms with Crippen molar-refractivity contribution in [2.24, 2.45) is 0 Å². The minimum absolute atomic E-state index is 0.278. The summed E-state index contributed by atoms with van der Waals surface area (Å²) in [6.45, 7) is 5.55. The maximum absolute atomic E-state index is 13.6. The van der Waals surface area contributed by atoms with Gasteiger partial charge in [-0.2, -0.15) is 24.9 Å². The first-order valence-corrected chi connectivity index (χ1v) is 12.4. The number of carbonyl (C=O) groups excluding carboxylic acids is 1. The number of rotatable bonds is 5. The number of hydrogen-bond donors (Lipinski definition) is 1. The summed E-state index contributed by atoms with van der Waals surface area (Å²) in [6.07, 6.45) is -3.79. The average Bonchev–Trinajstić information content (AvgIpc) is 2.82. The molecule has 178 valence electrons. The fourth-order valence-corrected chi connectivity index (χ4v) is 5.57. The first-order chi connectivity index (χ1) is 15.8. The summed E-state index contributed by atoms with van der Waals surface area (Å²) in [6, 6.07) is 11.0. The van der Waals surface area contributed by atoms with E-state index >= 15 is 0 Å². The molecule has 2 aromatic carbocycles. The van der Waals surface area contributed by atoms with E-state index in [-0.39, 0.29) is 5.91 Å². The largest absolute Gasteiger partial charge is 0.416 e. The molecule has 1 N–H and O–H groups in total. The molecule has 0 radical (unpaired) electrons. The molecule has 0 saturated carbocycles. The van der Waals surface area contributed by atoms with Crippen LogP contribution in [0.3, 0.4) is 0 Å². The van der Waals surface area contributed by atoms with E-state index in [9.17, 15) is 18.0 Å². The van der Waals surface area contributed by atoms with Crippen LogP contribution >= 0.6 is 11.8 Å². The van der Waals surface area contributed by atoms with Crippen molar-refractivity contribution in [2.75, 3.05) is 43.1 Å². The normalized spacial score (nSPS) is 19.3. The minimum Gasteiger partial charge on any atom is -0.381 e. The van der Waals surface area contributed by atoms with Crippen molar-refractivity contribution in [1.29, 1.82) is 0 Å². The molecule has 0 bridgehead atoms. The Morgan fingerprint density at radius 1 is 1.12 bits per heavy atom. The smallest absolute Gasteiger partial charge is 0.381 e. The van der Waals surface area contributed by atoms with Gasteiger partial charge in [0.15, 0.2) is 0 Å². The molecule has 33 heavy (non-hydrogen) atoms. The molecule has 2 fully saturated rings. The summed E-state index contributed by atoms with van der Waals surface area (Å²) in [5.41, 5.74) is 1.44. The summed E-state index contributed by atoms with van der Waals surface area (Å²) in [4.78, 5) is 16.1. The second kappa shape index (κ2) is 10.1. The van der Waals surface area contributed by atoms with E-state index in [1.807, 2.05) is 30.8 Å². The van der Waals surface area contributed by atoms with Crippen molar-refractivity contribution in [3.63, 3.8) is 0 Å². The monoisotopic (exact) mass is 478 g/mol.